The standard InChI is InChI=1S/C14H23BrN4/c15-13-12-3-1-2-7-19(12)14(17-13)11-4-8-18(9-5-11)10-6-16/h11H,1-10,16H2. The average molecular weight is 327 g/mol. The second-order valence-electron chi connectivity index (χ2n) is 5.72. The van der Waals surface area contributed by atoms with E-state index in [1.54, 1.807) is 0 Å². The van der Waals surface area contributed by atoms with E-state index in [0.29, 0.717) is 5.92 Å². The van der Waals surface area contributed by atoms with Gasteiger partial charge in [0, 0.05) is 25.6 Å². The molecule has 3 heterocycles. The molecule has 1 saturated heterocycles. The largest absolute Gasteiger partial charge is 0.331 e. The van der Waals surface area contributed by atoms with E-state index in [0.717, 1.165) is 24.2 Å². The van der Waals surface area contributed by atoms with Crippen LogP contribution in [0.2, 0.25) is 0 Å². The maximum absolute atomic E-state index is 5.64. The fraction of sp³-hybridized carbons (Fsp3) is 0.786. The third kappa shape index (κ3) is 2.73. The monoisotopic (exact) mass is 326 g/mol. The van der Waals surface area contributed by atoms with E-state index >= 15 is 0 Å². The Hall–Kier alpha value is -0.390. The fourth-order valence-electron chi connectivity index (χ4n) is 3.43. The van der Waals surface area contributed by atoms with Gasteiger partial charge in [-0.25, -0.2) is 4.98 Å². The number of nitrogens with zero attached hydrogens (tertiary/aromatic N) is 3. The van der Waals surface area contributed by atoms with Crippen LogP contribution in [0.4, 0.5) is 0 Å². The van der Waals surface area contributed by atoms with Crippen LogP contribution in [-0.2, 0) is 13.0 Å². The molecule has 0 amide bonds. The zero-order valence-corrected chi connectivity index (χ0v) is 13.0. The van der Waals surface area contributed by atoms with Crippen LogP contribution < -0.4 is 5.73 Å². The molecule has 0 spiro atoms. The van der Waals surface area contributed by atoms with Gasteiger partial charge in [0.15, 0.2) is 0 Å². The Bertz CT molecular complexity index is 435. The molecule has 5 heteroatoms. The Labute approximate surface area is 123 Å². The molecule has 0 unspecified atom stereocenters. The van der Waals surface area contributed by atoms with Gasteiger partial charge < -0.3 is 15.2 Å². The Morgan fingerprint density at radius 2 is 2.00 bits per heavy atom. The lowest BCUT2D eigenvalue weighted by molar-refractivity contribution is 0.212. The van der Waals surface area contributed by atoms with Crippen molar-refractivity contribution in [3.05, 3.63) is 16.1 Å². The van der Waals surface area contributed by atoms with Gasteiger partial charge in [0.05, 0.1) is 5.69 Å². The van der Waals surface area contributed by atoms with Crippen LogP contribution in [0.5, 0.6) is 0 Å². The normalized spacial score (nSPS) is 21.6. The summed E-state index contributed by atoms with van der Waals surface area (Å²) in [4.78, 5) is 7.30. The van der Waals surface area contributed by atoms with Crippen LogP contribution in [0.15, 0.2) is 4.60 Å². The number of piperidine rings is 1. The molecule has 19 heavy (non-hydrogen) atoms. The summed E-state index contributed by atoms with van der Waals surface area (Å²) in [6, 6.07) is 0. The molecular weight excluding hydrogens is 304 g/mol. The quantitative estimate of drug-likeness (QED) is 0.925. The summed E-state index contributed by atoms with van der Waals surface area (Å²) in [5.74, 6) is 1.96. The third-order valence-electron chi connectivity index (χ3n) is 4.50. The molecule has 0 atom stereocenters. The van der Waals surface area contributed by atoms with E-state index in [4.69, 9.17) is 10.7 Å². The first-order valence-corrected chi connectivity index (χ1v) is 8.26. The van der Waals surface area contributed by atoms with Crippen LogP contribution in [0.25, 0.3) is 0 Å². The summed E-state index contributed by atoms with van der Waals surface area (Å²) in [6.45, 7) is 5.31. The molecule has 1 aromatic rings. The molecule has 2 aliphatic heterocycles. The molecule has 4 nitrogen and oxygen atoms in total. The first kappa shape index (κ1) is 13.6. The minimum atomic E-state index is 0.636. The molecule has 1 aromatic heterocycles. The Balaban J connectivity index is 1.73. The van der Waals surface area contributed by atoms with E-state index in [1.807, 2.05) is 0 Å². The highest BCUT2D eigenvalue weighted by atomic mass is 79.9. The van der Waals surface area contributed by atoms with Crippen molar-refractivity contribution in [2.24, 2.45) is 5.73 Å². The van der Waals surface area contributed by atoms with Gasteiger partial charge in [0.2, 0.25) is 0 Å². The second kappa shape index (κ2) is 5.94. The summed E-state index contributed by atoms with van der Waals surface area (Å²) in [6.07, 6.45) is 6.24. The van der Waals surface area contributed by atoms with Crippen molar-refractivity contribution in [3.8, 4) is 0 Å². The van der Waals surface area contributed by atoms with Crippen LogP contribution in [0.1, 0.15) is 43.1 Å². The minimum absolute atomic E-state index is 0.636. The van der Waals surface area contributed by atoms with Crippen molar-refractivity contribution >= 4 is 15.9 Å². The topological polar surface area (TPSA) is 47.1 Å². The van der Waals surface area contributed by atoms with Crippen molar-refractivity contribution in [3.63, 3.8) is 0 Å². The predicted octanol–water partition coefficient (Wildman–Crippen LogP) is 2.12. The first-order valence-electron chi connectivity index (χ1n) is 7.47. The van der Waals surface area contributed by atoms with E-state index < -0.39 is 0 Å². The van der Waals surface area contributed by atoms with Gasteiger partial charge in [-0.1, -0.05) is 0 Å². The molecule has 106 valence electrons. The highest BCUT2D eigenvalue weighted by molar-refractivity contribution is 9.10. The number of nitrogens with two attached hydrogens (primary N) is 1. The van der Waals surface area contributed by atoms with Crippen molar-refractivity contribution < 1.29 is 0 Å². The zero-order valence-electron chi connectivity index (χ0n) is 11.4. The lowest BCUT2D eigenvalue weighted by Crippen LogP contribution is -2.37. The number of hydrogen-bond acceptors (Lipinski definition) is 3. The van der Waals surface area contributed by atoms with Gasteiger partial charge in [0.1, 0.15) is 10.4 Å². The SMILES string of the molecule is NCCN1CCC(c2nc(Br)c3n2CCCC3)CC1. The summed E-state index contributed by atoms with van der Waals surface area (Å²) < 4.78 is 3.57. The average Bonchev–Trinajstić information content (AvgIpc) is 2.78. The number of halogens is 1. The van der Waals surface area contributed by atoms with Crippen molar-refractivity contribution in [1.82, 2.24) is 14.5 Å². The molecular formula is C14H23BrN4. The summed E-state index contributed by atoms with van der Waals surface area (Å²) in [5, 5.41) is 0. The summed E-state index contributed by atoms with van der Waals surface area (Å²) in [7, 11) is 0. The minimum Gasteiger partial charge on any atom is -0.331 e. The first-order chi connectivity index (χ1) is 9.29. The maximum Gasteiger partial charge on any atom is 0.127 e. The van der Waals surface area contributed by atoms with Crippen LogP contribution >= 0.6 is 15.9 Å². The lowest BCUT2D eigenvalue weighted by atomic mass is 9.95. The summed E-state index contributed by atoms with van der Waals surface area (Å²) >= 11 is 3.65. The van der Waals surface area contributed by atoms with Gasteiger partial charge in [-0.15, -0.1) is 0 Å². The van der Waals surface area contributed by atoms with Crippen molar-refractivity contribution in [2.45, 2.75) is 44.6 Å². The van der Waals surface area contributed by atoms with Gasteiger partial charge in [-0.05, 0) is 61.1 Å². The number of fused-ring (bicyclic) bond motifs is 1. The smallest absolute Gasteiger partial charge is 0.127 e. The fourth-order valence-corrected chi connectivity index (χ4v) is 4.03. The number of aromatic nitrogens is 2. The molecule has 2 N–H and O–H groups in total. The van der Waals surface area contributed by atoms with Gasteiger partial charge in [-0.2, -0.15) is 0 Å². The van der Waals surface area contributed by atoms with Crippen molar-refractivity contribution in [2.75, 3.05) is 26.2 Å². The highest BCUT2D eigenvalue weighted by Gasteiger charge is 2.27. The Morgan fingerprint density at radius 1 is 1.21 bits per heavy atom. The van der Waals surface area contributed by atoms with E-state index in [1.165, 1.54) is 56.7 Å². The van der Waals surface area contributed by atoms with Gasteiger partial charge in [-0.3, -0.25) is 0 Å². The highest BCUT2D eigenvalue weighted by Crippen LogP contribution is 2.33. The van der Waals surface area contributed by atoms with Gasteiger partial charge >= 0.3 is 0 Å². The second-order valence-corrected chi connectivity index (χ2v) is 6.47. The van der Waals surface area contributed by atoms with Crippen LogP contribution in [0.3, 0.4) is 0 Å². The molecule has 2 aliphatic rings. The summed E-state index contributed by atoms with van der Waals surface area (Å²) in [5.41, 5.74) is 7.06. The molecule has 0 aliphatic carbocycles. The zero-order chi connectivity index (χ0) is 13.2. The number of likely N-dealkylation sites (tertiary alicyclic amines) is 1. The predicted molar refractivity (Wildman–Crippen MR) is 80.3 cm³/mol. The lowest BCUT2D eigenvalue weighted by Gasteiger charge is -2.32. The molecule has 0 aromatic carbocycles. The van der Waals surface area contributed by atoms with Crippen molar-refractivity contribution in [1.29, 1.82) is 0 Å². The third-order valence-corrected chi connectivity index (χ3v) is 5.13. The van der Waals surface area contributed by atoms with Crippen LogP contribution in [-0.4, -0.2) is 40.6 Å². The number of imidazole rings is 1. The molecule has 0 radical (unpaired) electrons. The van der Waals surface area contributed by atoms with E-state index in [2.05, 4.69) is 25.4 Å². The molecule has 3 rings (SSSR count). The Kier molecular flexibility index (Phi) is 4.24. The molecule has 1 fully saturated rings. The Morgan fingerprint density at radius 3 is 2.74 bits per heavy atom. The van der Waals surface area contributed by atoms with E-state index in [-0.39, 0.29) is 0 Å². The number of hydrogen-bond donors (Lipinski definition) is 1. The number of rotatable bonds is 3. The molecule has 0 saturated carbocycles. The molecule has 0 bridgehead atoms. The maximum atomic E-state index is 5.64. The van der Waals surface area contributed by atoms with Gasteiger partial charge in [0.25, 0.3) is 0 Å². The van der Waals surface area contributed by atoms with E-state index in [9.17, 15) is 0 Å². The van der Waals surface area contributed by atoms with Crippen LogP contribution in [0, 0.1) is 0 Å².